The summed E-state index contributed by atoms with van der Waals surface area (Å²) in [7, 11) is 0. The molecule has 0 unspecified atom stereocenters. The molecule has 1 aromatic rings. The van der Waals surface area contributed by atoms with Gasteiger partial charge >= 0.3 is 5.97 Å². The van der Waals surface area contributed by atoms with Crippen LogP contribution in [0.3, 0.4) is 0 Å². The van der Waals surface area contributed by atoms with E-state index in [2.05, 4.69) is 5.32 Å². The lowest BCUT2D eigenvalue weighted by Crippen LogP contribution is -2.35. The van der Waals surface area contributed by atoms with Crippen LogP contribution in [0.5, 0.6) is 0 Å². The van der Waals surface area contributed by atoms with Gasteiger partial charge in [0.15, 0.2) is 6.29 Å². The molecule has 0 radical (unpaired) electrons. The van der Waals surface area contributed by atoms with E-state index >= 15 is 0 Å². The smallest absolute Gasteiger partial charge is 0.320 e. The molecular weight excluding hydrogens is 258 g/mol. The van der Waals surface area contributed by atoms with Gasteiger partial charge in [-0.25, -0.2) is 0 Å². The molecule has 5 heteroatoms. The zero-order valence-electron chi connectivity index (χ0n) is 12.1. The molecule has 20 heavy (non-hydrogen) atoms. The Bertz CT molecular complexity index is 363. The van der Waals surface area contributed by atoms with Crippen molar-refractivity contribution >= 4 is 5.97 Å². The fourth-order valence-electron chi connectivity index (χ4n) is 1.62. The number of benzene rings is 1. The second-order valence-corrected chi connectivity index (χ2v) is 4.12. The highest BCUT2D eigenvalue weighted by Gasteiger charge is 2.09. The highest BCUT2D eigenvalue weighted by atomic mass is 16.7. The number of ether oxygens (including phenoxy) is 3. The van der Waals surface area contributed by atoms with Crippen LogP contribution >= 0.6 is 0 Å². The van der Waals surface area contributed by atoms with Crippen molar-refractivity contribution < 1.29 is 19.0 Å². The monoisotopic (exact) mass is 281 g/mol. The Hall–Kier alpha value is -1.43. The maximum absolute atomic E-state index is 11.5. The third kappa shape index (κ3) is 7.23. The van der Waals surface area contributed by atoms with Gasteiger partial charge < -0.3 is 19.5 Å². The Morgan fingerprint density at radius 1 is 1.15 bits per heavy atom. The van der Waals surface area contributed by atoms with Crippen LogP contribution in [0.15, 0.2) is 30.3 Å². The van der Waals surface area contributed by atoms with Gasteiger partial charge in [-0.3, -0.25) is 4.79 Å². The van der Waals surface area contributed by atoms with Crippen LogP contribution in [0.2, 0.25) is 0 Å². The molecule has 1 rings (SSSR count). The van der Waals surface area contributed by atoms with Crippen molar-refractivity contribution in [3.05, 3.63) is 35.9 Å². The lowest BCUT2D eigenvalue weighted by Gasteiger charge is -2.17. The van der Waals surface area contributed by atoms with Crippen LogP contribution in [0.1, 0.15) is 19.4 Å². The molecule has 0 spiro atoms. The van der Waals surface area contributed by atoms with Crippen LogP contribution in [0, 0.1) is 0 Å². The minimum Gasteiger partial charge on any atom is -0.460 e. The van der Waals surface area contributed by atoms with Gasteiger partial charge in [-0.2, -0.15) is 0 Å². The van der Waals surface area contributed by atoms with Gasteiger partial charge in [0.1, 0.15) is 6.61 Å². The highest BCUT2D eigenvalue weighted by Crippen LogP contribution is 2.00. The standard InChI is InChI=1S/C15H23NO4/c1-3-18-15(19-4-2)11-16-10-14(17)20-12-13-8-6-5-7-9-13/h5-9,15-16H,3-4,10-12H2,1-2H3. The predicted octanol–water partition coefficient (Wildman–Crippen LogP) is 1.72. The first-order chi connectivity index (χ1) is 9.76. The molecule has 1 aromatic carbocycles. The molecule has 5 nitrogen and oxygen atoms in total. The molecule has 0 aromatic heterocycles. The van der Waals surface area contributed by atoms with Gasteiger partial charge in [-0.1, -0.05) is 30.3 Å². The summed E-state index contributed by atoms with van der Waals surface area (Å²) in [5.41, 5.74) is 0.974. The largest absolute Gasteiger partial charge is 0.460 e. The third-order valence-electron chi connectivity index (χ3n) is 2.53. The Balaban J connectivity index is 2.16. The molecule has 0 aliphatic carbocycles. The Kier molecular flexibility index (Phi) is 8.62. The van der Waals surface area contributed by atoms with Crippen molar-refractivity contribution in [3.63, 3.8) is 0 Å². The Labute approximate surface area is 120 Å². The fourth-order valence-corrected chi connectivity index (χ4v) is 1.62. The Morgan fingerprint density at radius 3 is 2.40 bits per heavy atom. The summed E-state index contributed by atoms with van der Waals surface area (Å²) in [6.07, 6.45) is -0.327. The second kappa shape index (κ2) is 10.4. The maximum atomic E-state index is 11.5. The molecule has 0 bridgehead atoms. The molecule has 0 saturated heterocycles. The van der Waals surface area contributed by atoms with Gasteiger partial charge in [0.2, 0.25) is 0 Å². The van der Waals surface area contributed by atoms with Gasteiger partial charge in [-0.05, 0) is 19.4 Å². The van der Waals surface area contributed by atoms with Crippen molar-refractivity contribution in [1.82, 2.24) is 5.32 Å². The van der Waals surface area contributed by atoms with Gasteiger partial charge in [0.05, 0.1) is 6.54 Å². The molecule has 0 aliphatic rings. The first-order valence-electron chi connectivity index (χ1n) is 6.89. The number of carbonyl (C=O) groups excluding carboxylic acids is 1. The van der Waals surface area contributed by atoms with Crippen molar-refractivity contribution in [3.8, 4) is 0 Å². The molecule has 0 heterocycles. The van der Waals surface area contributed by atoms with Crippen molar-refractivity contribution in [2.24, 2.45) is 0 Å². The summed E-state index contributed by atoms with van der Waals surface area (Å²) in [5, 5.41) is 2.97. The molecular formula is C15H23NO4. The van der Waals surface area contributed by atoms with Gasteiger partial charge in [-0.15, -0.1) is 0 Å². The molecule has 0 saturated carbocycles. The number of hydrogen-bond acceptors (Lipinski definition) is 5. The topological polar surface area (TPSA) is 56.8 Å². The van der Waals surface area contributed by atoms with E-state index in [-0.39, 0.29) is 18.8 Å². The zero-order valence-corrected chi connectivity index (χ0v) is 12.1. The van der Waals surface area contributed by atoms with E-state index in [9.17, 15) is 4.79 Å². The average Bonchev–Trinajstić information content (AvgIpc) is 2.47. The van der Waals surface area contributed by atoms with Gasteiger partial charge in [0, 0.05) is 19.8 Å². The summed E-state index contributed by atoms with van der Waals surface area (Å²) in [6.45, 7) is 5.85. The maximum Gasteiger partial charge on any atom is 0.320 e. The first kappa shape index (κ1) is 16.6. The summed E-state index contributed by atoms with van der Waals surface area (Å²) >= 11 is 0. The number of esters is 1. The lowest BCUT2D eigenvalue weighted by atomic mass is 10.2. The van der Waals surface area contributed by atoms with Crippen molar-refractivity contribution in [2.45, 2.75) is 26.7 Å². The lowest BCUT2D eigenvalue weighted by molar-refractivity contribution is -0.146. The summed E-state index contributed by atoms with van der Waals surface area (Å²) in [5.74, 6) is -0.291. The number of carbonyl (C=O) groups is 1. The van der Waals surface area contributed by atoms with E-state index in [1.54, 1.807) is 0 Å². The molecule has 0 aliphatic heterocycles. The molecule has 0 atom stereocenters. The van der Waals surface area contributed by atoms with E-state index in [4.69, 9.17) is 14.2 Å². The van der Waals surface area contributed by atoms with E-state index in [1.807, 2.05) is 44.2 Å². The minimum atomic E-state index is -0.327. The Morgan fingerprint density at radius 2 is 1.80 bits per heavy atom. The van der Waals surface area contributed by atoms with Crippen molar-refractivity contribution in [1.29, 1.82) is 0 Å². The predicted molar refractivity (Wildman–Crippen MR) is 76.1 cm³/mol. The van der Waals surface area contributed by atoms with Crippen molar-refractivity contribution in [2.75, 3.05) is 26.3 Å². The highest BCUT2D eigenvalue weighted by molar-refractivity contribution is 5.71. The summed E-state index contributed by atoms with van der Waals surface area (Å²) in [4.78, 5) is 11.5. The van der Waals surface area contributed by atoms with E-state index < -0.39 is 0 Å². The number of rotatable bonds is 10. The number of nitrogens with one attached hydrogen (secondary N) is 1. The van der Waals surface area contributed by atoms with Crippen LogP contribution in [0.25, 0.3) is 0 Å². The molecule has 0 fully saturated rings. The average molecular weight is 281 g/mol. The second-order valence-electron chi connectivity index (χ2n) is 4.12. The van der Waals surface area contributed by atoms with E-state index in [0.717, 1.165) is 5.56 Å². The molecule has 112 valence electrons. The molecule has 1 N–H and O–H groups in total. The first-order valence-corrected chi connectivity index (χ1v) is 6.89. The summed E-state index contributed by atoms with van der Waals surface area (Å²) in [6, 6.07) is 9.59. The number of hydrogen-bond donors (Lipinski definition) is 1. The summed E-state index contributed by atoms with van der Waals surface area (Å²) < 4.78 is 15.9. The normalized spacial score (nSPS) is 10.8. The van der Waals surface area contributed by atoms with Crippen LogP contribution in [-0.4, -0.2) is 38.6 Å². The minimum absolute atomic E-state index is 0.142. The fraction of sp³-hybridized carbons (Fsp3) is 0.533. The van der Waals surface area contributed by atoms with Crippen LogP contribution < -0.4 is 5.32 Å². The van der Waals surface area contributed by atoms with Crippen LogP contribution in [0.4, 0.5) is 0 Å². The quantitative estimate of drug-likeness (QED) is 0.523. The zero-order chi connectivity index (χ0) is 14.6. The van der Waals surface area contributed by atoms with E-state index in [0.29, 0.717) is 26.4 Å². The van der Waals surface area contributed by atoms with Gasteiger partial charge in [0.25, 0.3) is 0 Å². The van der Waals surface area contributed by atoms with E-state index in [1.165, 1.54) is 0 Å². The van der Waals surface area contributed by atoms with Crippen LogP contribution in [-0.2, 0) is 25.6 Å². The SMILES string of the molecule is CCOC(CNCC(=O)OCc1ccccc1)OCC. The third-order valence-corrected chi connectivity index (χ3v) is 2.53. The molecule has 0 amide bonds.